The van der Waals surface area contributed by atoms with E-state index >= 15 is 0 Å². The minimum Gasteiger partial charge on any atom is -0.309 e. The predicted molar refractivity (Wildman–Crippen MR) is 177 cm³/mol. The summed E-state index contributed by atoms with van der Waals surface area (Å²) in [5.74, 6) is 0. The van der Waals surface area contributed by atoms with Crippen LogP contribution in [-0.4, -0.2) is 10.9 Å². The maximum atomic E-state index is 10.9. The summed E-state index contributed by atoms with van der Waals surface area (Å²) in [7, 11) is 0. The number of aryl methyl sites for hydroxylation is 2. The van der Waals surface area contributed by atoms with Gasteiger partial charge in [-0.15, -0.1) is 0 Å². The van der Waals surface area contributed by atoms with Gasteiger partial charge >= 0.3 is 0 Å². The van der Waals surface area contributed by atoms with Gasteiger partial charge in [0.15, 0.2) is 0 Å². The van der Waals surface area contributed by atoms with Crippen molar-refractivity contribution in [2.45, 2.75) is 78.1 Å². The van der Waals surface area contributed by atoms with E-state index in [-0.39, 0.29) is 0 Å². The number of aldehydes is 1. The van der Waals surface area contributed by atoms with E-state index in [9.17, 15) is 4.79 Å². The number of fused-ring (bicyclic) bond motifs is 3. The maximum absolute atomic E-state index is 10.9. The third-order valence-electron chi connectivity index (χ3n) is 8.22. The van der Waals surface area contributed by atoms with Crippen molar-refractivity contribution in [2.24, 2.45) is 0 Å². The van der Waals surface area contributed by atoms with Gasteiger partial charge in [0.05, 0.1) is 11.0 Å². The Hall–Kier alpha value is -3.91. The van der Waals surface area contributed by atoms with Crippen molar-refractivity contribution in [3.63, 3.8) is 0 Å². The lowest BCUT2D eigenvalue weighted by molar-refractivity contribution is 0.112. The second-order valence-electron chi connectivity index (χ2n) is 11.4. The highest BCUT2D eigenvalue weighted by molar-refractivity contribution is 6.09. The van der Waals surface area contributed by atoms with Crippen molar-refractivity contribution in [1.82, 2.24) is 4.57 Å². The van der Waals surface area contributed by atoms with Crippen LogP contribution in [0.25, 0.3) is 39.6 Å². The normalized spacial score (nSPS) is 11.7. The van der Waals surface area contributed by atoms with E-state index in [0.717, 1.165) is 30.3 Å². The average Bonchev–Trinajstić information content (AvgIpc) is 3.34. The molecule has 41 heavy (non-hydrogen) atoms. The Bertz CT molecular complexity index is 1530. The van der Waals surface area contributed by atoms with Gasteiger partial charge in [-0.2, -0.15) is 0 Å². The third-order valence-corrected chi connectivity index (χ3v) is 8.22. The summed E-state index contributed by atoms with van der Waals surface area (Å²) < 4.78 is 2.43. The molecular formula is C39H43NO. The number of carbonyl (C=O) groups is 1. The summed E-state index contributed by atoms with van der Waals surface area (Å²) in [4.78, 5) is 10.9. The standard InChI is InChI=1S/C39H43NO/c1-3-5-7-9-11-32-21-25-38-36(27-32)37-28-33(12-10-8-6-4-2)22-26-39(37)40(38)35-23-19-31(20-24-35)14-13-30-15-17-34(29-41)18-16-30/h13-29H,3-12H2,1-2H3/b14-13+. The molecule has 2 heteroatoms. The Morgan fingerprint density at radius 3 is 1.46 bits per heavy atom. The molecule has 1 aromatic heterocycles. The molecule has 0 aliphatic carbocycles. The Morgan fingerprint density at radius 2 is 1.00 bits per heavy atom. The molecule has 0 radical (unpaired) electrons. The average molecular weight is 542 g/mol. The Balaban J connectivity index is 1.47. The molecule has 0 unspecified atom stereocenters. The molecule has 5 aromatic rings. The van der Waals surface area contributed by atoms with Crippen LogP contribution in [0.15, 0.2) is 84.9 Å². The Morgan fingerprint density at radius 1 is 0.537 bits per heavy atom. The lowest BCUT2D eigenvalue weighted by Crippen LogP contribution is -1.94. The molecule has 5 rings (SSSR count). The van der Waals surface area contributed by atoms with E-state index in [1.54, 1.807) is 0 Å². The minimum absolute atomic E-state index is 0.699. The molecule has 0 bridgehead atoms. The topological polar surface area (TPSA) is 22.0 Å². The van der Waals surface area contributed by atoms with Crippen molar-refractivity contribution in [1.29, 1.82) is 0 Å². The van der Waals surface area contributed by atoms with Crippen LogP contribution in [0.2, 0.25) is 0 Å². The fourth-order valence-electron chi connectivity index (χ4n) is 5.83. The molecule has 210 valence electrons. The van der Waals surface area contributed by atoms with Crippen LogP contribution in [0.1, 0.15) is 97.8 Å². The van der Waals surface area contributed by atoms with Crippen LogP contribution in [0.3, 0.4) is 0 Å². The number of nitrogens with zero attached hydrogens (tertiary/aromatic N) is 1. The quantitative estimate of drug-likeness (QED) is 0.0778. The van der Waals surface area contributed by atoms with Gasteiger partial charge in [0.2, 0.25) is 0 Å². The number of hydrogen-bond acceptors (Lipinski definition) is 1. The third kappa shape index (κ3) is 7.06. The molecule has 0 atom stereocenters. The zero-order chi connectivity index (χ0) is 28.4. The van der Waals surface area contributed by atoms with Gasteiger partial charge in [0.1, 0.15) is 6.29 Å². The van der Waals surface area contributed by atoms with Crippen LogP contribution >= 0.6 is 0 Å². The minimum atomic E-state index is 0.699. The van der Waals surface area contributed by atoms with Crippen LogP contribution in [0.5, 0.6) is 0 Å². The molecule has 0 saturated carbocycles. The number of rotatable bonds is 14. The van der Waals surface area contributed by atoms with Gasteiger partial charge in [-0.1, -0.05) is 113 Å². The van der Waals surface area contributed by atoms with Crippen LogP contribution < -0.4 is 0 Å². The summed E-state index contributed by atoms with van der Waals surface area (Å²) in [6, 6.07) is 30.7. The first-order valence-corrected chi connectivity index (χ1v) is 15.6. The van der Waals surface area contributed by atoms with Crippen molar-refractivity contribution >= 4 is 40.2 Å². The number of benzene rings is 4. The molecule has 4 aromatic carbocycles. The first kappa shape index (κ1) is 28.6. The number of carbonyl (C=O) groups excluding carboxylic acids is 1. The van der Waals surface area contributed by atoms with E-state index in [1.807, 2.05) is 24.3 Å². The molecule has 2 nitrogen and oxygen atoms in total. The van der Waals surface area contributed by atoms with E-state index in [1.165, 1.54) is 90.0 Å². The summed E-state index contributed by atoms with van der Waals surface area (Å²) in [5, 5.41) is 2.73. The van der Waals surface area contributed by atoms with Gasteiger partial charge in [0, 0.05) is 22.0 Å². The van der Waals surface area contributed by atoms with Crippen LogP contribution in [-0.2, 0) is 12.8 Å². The van der Waals surface area contributed by atoms with Gasteiger partial charge < -0.3 is 4.57 Å². The molecule has 0 aliphatic heterocycles. The zero-order valence-electron chi connectivity index (χ0n) is 24.7. The largest absolute Gasteiger partial charge is 0.309 e. The van der Waals surface area contributed by atoms with E-state index in [4.69, 9.17) is 0 Å². The second-order valence-corrected chi connectivity index (χ2v) is 11.4. The molecular weight excluding hydrogens is 498 g/mol. The molecule has 1 heterocycles. The van der Waals surface area contributed by atoms with Crippen molar-refractivity contribution < 1.29 is 4.79 Å². The lowest BCUT2D eigenvalue weighted by atomic mass is 10.0. The van der Waals surface area contributed by atoms with E-state index in [0.29, 0.717) is 5.56 Å². The maximum Gasteiger partial charge on any atom is 0.150 e. The number of unbranched alkanes of at least 4 members (excludes halogenated alkanes) is 6. The van der Waals surface area contributed by atoms with E-state index in [2.05, 4.69) is 91.2 Å². The lowest BCUT2D eigenvalue weighted by Gasteiger charge is -2.09. The molecule has 0 saturated heterocycles. The van der Waals surface area contributed by atoms with Crippen LogP contribution in [0, 0.1) is 0 Å². The van der Waals surface area contributed by atoms with Crippen molar-refractivity contribution in [2.75, 3.05) is 0 Å². The Labute approximate surface area is 245 Å². The number of aromatic nitrogens is 1. The van der Waals surface area contributed by atoms with Crippen molar-refractivity contribution in [3.8, 4) is 5.69 Å². The highest BCUT2D eigenvalue weighted by Gasteiger charge is 2.14. The summed E-state index contributed by atoms with van der Waals surface area (Å²) >= 11 is 0. The molecule has 0 N–H and O–H groups in total. The fourth-order valence-corrected chi connectivity index (χ4v) is 5.83. The van der Waals surface area contributed by atoms with Gasteiger partial charge in [0.25, 0.3) is 0 Å². The highest BCUT2D eigenvalue weighted by atomic mass is 16.1. The SMILES string of the molecule is CCCCCCc1ccc2c(c1)c1cc(CCCCCC)ccc1n2-c1ccc(/C=C/c2ccc(C=O)cc2)cc1. The predicted octanol–water partition coefficient (Wildman–Crippen LogP) is 11.0. The second kappa shape index (κ2) is 14.1. The van der Waals surface area contributed by atoms with Gasteiger partial charge in [-0.25, -0.2) is 0 Å². The molecule has 0 amide bonds. The summed E-state index contributed by atoms with van der Waals surface area (Å²) in [6.45, 7) is 4.55. The fraction of sp³-hybridized carbons (Fsp3) is 0.308. The van der Waals surface area contributed by atoms with Crippen LogP contribution in [0.4, 0.5) is 0 Å². The smallest absolute Gasteiger partial charge is 0.150 e. The molecule has 0 aliphatic rings. The molecule has 0 spiro atoms. The molecule has 0 fully saturated rings. The summed E-state index contributed by atoms with van der Waals surface area (Å²) in [6.07, 6.45) is 17.7. The first-order chi connectivity index (χ1) is 20.2. The number of hydrogen-bond donors (Lipinski definition) is 0. The summed E-state index contributed by atoms with van der Waals surface area (Å²) in [5.41, 5.74) is 9.56. The van der Waals surface area contributed by atoms with Gasteiger partial charge in [-0.05, 0) is 84.3 Å². The van der Waals surface area contributed by atoms with Crippen molar-refractivity contribution in [3.05, 3.63) is 113 Å². The zero-order valence-corrected chi connectivity index (χ0v) is 24.7. The highest BCUT2D eigenvalue weighted by Crippen LogP contribution is 2.34. The monoisotopic (exact) mass is 541 g/mol. The van der Waals surface area contributed by atoms with Gasteiger partial charge in [-0.3, -0.25) is 4.79 Å². The van der Waals surface area contributed by atoms with E-state index < -0.39 is 0 Å². The Kier molecular flexibility index (Phi) is 9.86. The first-order valence-electron chi connectivity index (χ1n) is 15.6.